The van der Waals surface area contributed by atoms with Crippen LogP contribution in [0, 0.1) is 5.92 Å². The van der Waals surface area contributed by atoms with E-state index in [2.05, 4.69) is 32.2 Å². The number of hydrazone groups is 1. The number of carbonyl (C=O) groups excluding carboxylic acids is 2. The van der Waals surface area contributed by atoms with Crippen molar-refractivity contribution in [2.24, 2.45) is 11.0 Å². The largest absolute Gasteiger partial charge is 0.497 e. The van der Waals surface area contributed by atoms with Gasteiger partial charge in [0, 0.05) is 56.5 Å². The smallest absolute Gasteiger partial charge is 0.247 e. The predicted octanol–water partition coefficient (Wildman–Crippen LogP) is 6.71. The van der Waals surface area contributed by atoms with Crippen LogP contribution in [0.1, 0.15) is 49.0 Å². The molecular formula is C42H49N3O6Si. The zero-order chi connectivity index (χ0) is 36.8. The Bertz CT molecular complexity index is 1870. The van der Waals surface area contributed by atoms with Crippen LogP contribution in [0.5, 0.6) is 11.5 Å². The Morgan fingerprint density at radius 2 is 1.67 bits per heavy atom. The van der Waals surface area contributed by atoms with E-state index in [1.165, 1.54) is 10.2 Å². The molecule has 0 bridgehead atoms. The minimum Gasteiger partial charge on any atom is -0.497 e. The van der Waals surface area contributed by atoms with E-state index in [4.69, 9.17) is 19.3 Å². The molecule has 9 nitrogen and oxygen atoms in total. The first-order valence-corrected chi connectivity index (χ1v) is 21.1. The van der Waals surface area contributed by atoms with E-state index in [9.17, 15) is 14.7 Å². The van der Waals surface area contributed by atoms with E-state index in [1.54, 1.807) is 19.1 Å². The number of hydrogen-bond donors (Lipinski definition) is 1. The lowest BCUT2D eigenvalue weighted by atomic mass is 9.86. The van der Waals surface area contributed by atoms with E-state index < -0.39 is 8.07 Å². The number of aliphatic hydroxyl groups is 1. The number of ether oxygens (including phenoxy) is 3. The predicted molar refractivity (Wildman–Crippen MR) is 207 cm³/mol. The van der Waals surface area contributed by atoms with Gasteiger partial charge < -0.3 is 24.2 Å². The van der Waals surface area contributed by atoms with Gasteiger partial charge in [-0.2, -0.15) is 5.10 Å². The summed E-state index contributed by atoms with van der Waals surface area (Å²) in [5.74, 6) is 1.21. The van der Waals surface area contributed by atoms with Crippen molar-refractivity contribution in [3.63, 3.8) is 0 Å². The van der Waals surface area contributed by atoms with Crippen molar-refractivity contribution in [1.82, 2.24) is 4.90 Å². The topological polar surface area (TPSA) is 101 Å². The molecule has 0 aromatic heterocycles. The summed E-state index contributed by atoms with van der Waals surface area (Å²) in [5.41, 5.74) is 4.22. The van der Waals surface area contributed by atoms with Gasteiger partial charge in [-0.1, -0.05) is 98.0 Å². The Kier molecular flexibility index (Phi) is 11.6. The molecule has 4 aromatic carbocycles. The van der Waals surface area contributed by atoms with Gasteiger partial charge in [0.2, 0.25) is 11.8 Å². The highest BCUT2D eigenvalue weighted by molar-refractivity contribution is 6.91. The third-order valence-corrected chi connectivity index (χ3v) is 14.9. The van der Waals surface area contributed by atoms with E-state index in [-0.39, 0.29) is 55.1 Å². The molecule has 2 amide bonds. The Morgan fingerprint density at radius 1 is 0.981 bits per heavy atom. The molecule has 2 aliphatic heterocycles. The second-order valence-electron chi connectivity index (χ2n) is 14.2. The van der Waals surface area contributed by atoms with Crippen LogP contribution in [0.3, 0.4) is 0 Å². The second-order valence-corrected chi connectivity index (χ2v) is 19.0. The second kappa shape index (κ2) is 16.3. The van der Waals surface area contributed by atoms with Gasteiger partial charge in [-0.15, -0.1) is 0 Å². The van der Waals surface area contributed by atoms with E-state index in [0.717, 1.165) is 28.2 Å². The lowest BCUT2D eigenvalue weighted by Crippen LogP contribution is -2.55. The number of hydrogen-bond acceptors (Lipinski definition) is 7. The van der Waals surface area contributed by atoms with Crippen molar-refractivity contribution in [3.8, 4) is 11.5 Å². The van der Waals surface area contributed by atoms with Gasteiger partial charge in [0.25, 0.3) is 0 Å². The molecule has 10 heteroatoms. The lowest BCUT2D eigenvalue weighted by molar-refractivity contribution is -0.133. The number of anilines is 1. The highest BCUT2D eigenvalue weighted by Gasteiger charge is 2.48. The van der Waals surface area contributed by atoms with Crippen LogP contribution in [0.2, 0.25) is 18.6 Å². The zero-order valence-corrected chi connectivity index (χ0v) is 31.7. The van der Waals surface area contributed by atoms with Crippen LogP contribution >= 0.6 is 0 Å². The molecule has 52 heavy (non-hydrogen) atoms. The maximum atomic E-state index is 14.3. The number of rotatable bonds is 13. The molecule has 0 fully saturated rings. The molecule has 1 unspecified atom stereocenters. The molecule has 0 radical (unpaired) electrons. The standard InChI is InChI=1S/C42H49N3O6Si/c1-29-41(50-3)35-26-32(45-39(47)23-21-36(43-45)31-14-10-7-11-15-31)16-22-37(35)51-42(29)38(52(4,5)34-19-17-33(49-2)18-20-34)27-40(48)44(24-25-46)28-30-12-8-6-9-13-30/h6-20,22,26,29,38,41-42,46H,21,23-25,27-28H2,1-5H3/t29-,38?,41-,42-/m0/s1. The molecule has 4 aromatic rings. The van der Waals surface area contributed by atoms with Crippen molar-refractivity contribution in [2.45, 2.75) is 63.6 Å². The summed E-state index contributed by atoms with van der Waals surface area (Å²) in [6.45, 7) is 7.23. The van der Waals surface area contributed by atoms with Gasteiger partial charge in [0.15, 0.2) is 0 Å². The Labute approximate surface area is 307 Å². The maximum Gasteiger partial charge on any atom is 0.247 e. The minimum absolute atomic E-state index is 0.0291. The number of nitrogens with zero attached hydrogens (tertiary/aromatic N) is 3. The van der Waals surface area contributed by atoms with Gasteiger partial charge in [0.1, 0.15) is 17.6 Å². The maximum absolute atomic E-state index is 14.3. The third kappa shape index (κ3) is 7.84. The number of aliphatic hydroxyl groups excluding tert-OH is 1. The summed E-state index contributed by atoms with van der Waals surface area (Å²) in [7, 11) is 0.892. The van der Waals surface area contributed by atoms with Crippen LogP contribution in [0.4, 0.5) is 5.69 Å². The summed E-state index contributed by atoms with van der Waals surface area (Å²) in [6.07, 6.45) is 0.481. The Balaban J connectivity index is 1.35. The van der Waals surface area contributed by atoms with Crippen molar-refractivity contribution < 1.29 is 28.9 Å². The van der Waals surface area contributed by atoms with Crippen LogP contribution in [0.25, 0.3) is 0 Å². The number of amides is 2. The van der Waals surface area contributed by atoms with Crippen molar-refractivity contribution in [2.75, 3.05) is 32.4 Å². The number of carbonyl (C=O) groups is 2. The number of methoxy groups -OCH3 is 2. The van der Waals surface area contributed by atoms with Crippen molar-refractivity contribution in [1.29, 1.82) is 0 Å². The molecule has 2 heterocycles. The number of fused-ring (bicyclic) bond motifs is 1. The molecule has 0 saturated carbocycles. The average Bonchev–Trinajstić information content (AvgIpc) is 3.17. The van der Waals surface area contributed by atoms with Gasteiger partial charge in [0.05, 0.1) is 39.3 Å². The SMILES string of the molecule is COc1ccc([Si](C)(C)C(CC(=O)N(CCO)Cc2ccccc2)[C@H]2Oc3ccc(N4N=C(c5ccccc5)CCC4=O)cc3[C@@H](OC)[C@@H]2C)cc1. The molecule has 272 valence electrons. The highest BCUT2D eigenvalue weighted by atomic mass is 28.3. The monoisotopic (exact) mass is 719 g/mol. The first kappa shape index (κ1) is 37.0. The quantitative estimate of drug-likeness (QED) is 0.154. The van der Waals surface area contributed by atoms with Crippen molar-refractivity contribution >= 4 is 36.5 Å². The molecule has 4 atom stereocenters. The average molecular weight is 720 g/mol. The molecule has 1 N–H and O–H groups in total. The molecular weight excluding hydrogens is 671 g/mol. The lowest BCUT2D eigenvalue weighted by Gasteiger charge is -2.46. The van der Waals surface area contributed by atoms with Crippen LogP contribution in [0.15, 0.2) is 108 Å². The van der Waals surface area contributed by atoms with Crippen LogP contribution in [-0.2, 0) is 20.9 Å². The summed E-state index contributed by atoms with van der Waals surface area (Å²) in [4.78, 5) is 29.3. The van der Waals surface area contributed by atoms with Crippen LogP contribution < -0.4 is 19.7 Å². The van der Waals surface area contributed by atoms with E-state index in [0.29, 0.717) is 30.8 Å². The minimum atomic E-state index is -2.46. The Morgan fingerprint density at radius 3 is 2.33 bits per heavy atom. The molecule has 0 aliphatic carbocycles. The van der Waals surface area contributed by atoms with E-state index >= 15 is 0 Å². The summed E-state index contributed by atoms with van der Waals surface area (Å²) >= 11 is 0. The van der Waals surface area contributed by atoms with Gasteiger partial charge in [-0.3, -0.25) is 9.59 Å². The fourth-order valence-electron chi connectivity index (χ4n) is 7.64. The summed E-state index contributed by atoms with van der Waals surface area (Å²) < 4.78 is 18.7. The summed E-state index contributed by atoms with van der Waals surface area (Å²) in [5, 5.41) is 17.5. The number of benzene rings is 4. The fraction of sp³-hybridized carbons (Fsp3) is 0.357. The first-order valence-electron chi connectivity index (χ1n) is 18.0. The van der Waals surface area contributed by atoms with Gasteiger partial charge in [-0.25, -0.2) is 5.01 Å². The molecule has 2 aliphatic rings. The highest BCUT2D eigenvalue weighted by Crippen LogP contribution is 2.48. The first-order chi connectivity index (χ1) is 25.1. The molecule has 0 saturated heterocycles. The summed E-state index contributed by atoms with van der Waals surface area (Å²) in [6, 6.07) is 33.7. The zero-order valence-electron chi connectivity index (χ0n) is 30.7. The normalized spacial score (nSPS) is 19.3. The van der Waals surface area contributed by atoms with E-state index in [1.807, 2.05) is 91.0 Å². The molecule has 6 rings (SSSR count). The molecule has 0 spiro atoms. The fourth-order valence-corrected chi connectivity index (χ4v) is 11.0. The van der Waals surface area contributed by atoms with Gasteiger partial charge in [-0.05, 0) is 41.5 Å². The third-order valence-electron chi connectivity index (χ3n) is 10.7. The Hall–Kier alpha value is -4.77. The van der Waals surface area contributed by atoms with Crippen LogP contribution in [-0.4, -0.2) is 69.1 Å². The van der Waals surface area contributed by atoms with Gasteiger partial charge >= 0.3 is 0 Å². The van der Waals surface area contributed by atoms with Crippen molar-refractivity contribution in [3.05, 3.63) is 120 Å².